The predicted octanol–water partition coefficient (Wildman–Crippen LogP) is 4.15. The molecule has 2 aromatic carbocycles. The Morgan fingerprint density at radius 3 is 2.79 bits per heavy atom. The number of halogens is 3. The minimum Gasteiger partial charge on any atom is -0.465 e. The van der Waals surface area contributed by atoms with Crippen molar-refractivity contribution in [2.24, 2.45) is 0 Å². The number of thioether (sulfide) groups is 1. The average Bonchev–Trinajstić information content (AvgIpc) is 3.30. The molecule has 0 bridgehead atoms. The second-order valence-electron chi connectivity index (χ2n) is 6.52. The monoisotopic (exact) mass is 420 g/mol. The van der Waals surface area contributed by atoms with Gasteiger partial charge in [-0.05, 0) is 18.2 Å². The van der Waals surface area contributed by atoms with Gasteiger partial charge in [0.15, 0.2) is 17.5 Å². The molecule has 1 aliphatic rings. The van der Waals surface area contributed by atoms with E-state index in [9.17, 15) is 22.8 Å². The van der Waals surface area contributed by atoms with E-state index < -0.39 is 28.8 Å². The predicted molar refractivity (Wildman–Crippen MR) is 102 cm³/mol. The second kappa shape index (κ2) is 7.47. The Morgan fingerprint density at radius 2 is 2.03 bits per heavy atom. The second-order valence-corrected chi connectivity index (χ2v) is 7.58. The lowest BCUT2D eigenvalue weighted by atomic mass is 10.1. The standard InChI is InChI=1S/C20H15F3N2O3S/c1-28-20(27)10-2-4-12-13(7-24-15(12)6-10)19-25(16(26)9-29-19)8-11-3-5-14(21)18(23)17(11)22/h2-7,19,24H,8-9H2,1H3. The lowest BCUT2D eigenvalue weighted by molar-refractivity contribution is -0.128. The van der Waals surface area contributed by atoms with E-state index in [0.29, 0.717) is 11.1 Å². The van der Waals surface area contributed by atoms with Crippen molar-refractivity contribution in [3.8, 4) is 0 Å². The summed E-state index contributed by atoms with van der Waals surface area (Å²) < 4.78 is 45.6. The van der Waals surface area contributed by atoms with Crippen molar-refractivity contribution in [1.29, 1.82) is 0 Å². The van der Waals surface area contributed by atoms with Gasteiger partial charge in [0.1, 0.15) is 5.37 Å². The molecular formula is C20H15F3N2O3S. The maximum Gasteiger partial charge on any atom is 0.337 e. The van der Waals surface area contributed by atoms with Gasteiger partial charge in [0.25, 0.3) is 0 Å². The van der Waals surface area contributed by atoms with Crippen molar-refractivity contribution < 1.29 is 27.5 Å². The molecule has 4 rings (SSSR count). The number of hydrogen-bond acceptors (Lipinski definition) is 4. The van der Waals surface area contributed by atoms with Gasteiger partial charge >= 0.3 is 5.97 Å². The van der Waals surface area contributed by atoms with Crippen LogP contribution in [0.1, 0.15) is 26.9 Å². The highest BCUT2D eigenvalue weighted by Gasteiger charge is 2.35. The highest BCUT2D eigenvalue weighted by molar-refractivity contribution is 8.00. The van der Waals surface area contributed by atoms with Gasteiger partial charge in [0.05, 0.1) is 25.0 Å². The van der Waals surface area contributed by atoms with Gasteiger partial charge in [-0.2, -0.15) is 0 Å². The van der Waals surface area contributed by atoms with Crippen LogP contribution in [0.5, 0.6) is 0 Å². The summed E-state index contributed by atoms with van der Waals surface area (Å²) in [4.78, 5) is 28.6. The van der Waals surface area contributed by atoms with E-state index in [0.717, 1.165) is 23.1 Å². The van der Waals surface area contributed by atoms with Crippen molar-refractivity contribution >= 4 is 34.5 Å². The van der Waals surface area contributed by atoms with E-state index in [1.165, 1.54) is 23.8 Å². The molecule has 9 heteroatoms. The van der Waals surface area contributed by atoms with Crippen molar-refractivity contribution in [2.45, 2.75) is 11.9 Å². The van der Waals surface area contributed by atoms with E-state index in [2.05, 4.69) is 4.98 Å². The first-order valence-electron chi connectivity index (χ1n) is 8.63. The molecular weight excluding hydrogens is 405 g/mol. The topological polar surface area (TPSA) is 62.4 Å². The van der Waals surface area contributed by atoms with Gasteiger partial charge in [0, 0.05) is 28.2 Å². The number of carbonyl (C=O) groups is 2. The Bertz CT molecular complexity index is 1130. The van der Waals surface area contributed by atoms with Gasteiger partial charge < -0.3 is 14.6 Å². The Kier molecular flexibility index (Phi) is 4.99. The van der Waals surface area contributed by atoms with Crippen LogP contribution >= 0.6 is 11.8 Å². The van der Waals surface area contributed by atoms with E-state index in [4.69, 9.17) is 4.74 Å². The highest BCUT2D eigenvalue weighted by atomic mass is 32.2. The lowest BCUT2D eigenvalue weighted by Crippen LogP contribution is -2.28. The molecule has 1 unspecified atom stereocenters. The lowest BCUT2D eigenvalue weighted by Gasteiger charge is -2.24. The summed E-state index contributed by atoms with van der Waals surface area (Å²) in [5.74, 6) is -4.64. The van der Waals surface area contributed by atoms with Crippen LogP contribution in [0.3, 0.4) is 0 Å². The Hall–Kier alpha value is -2.94. The van der Waals surface area contributed by atoms with Crippen molar-refractivity contribution in [3.63, 3.8) is 0 Å². The van der Waals surface area contributed by atoms with E-state index in [1.807, 2.05) is 0 Å². The Balaban J connectivity index is 1.68. The van der Waals surface area contributed by atoms with Gasteiger partial charge in [-0.15, -0.1) is 11.8 Å². The zero-order valence-electron chi connectivity index (χ0n) is 15.2. The quantitative estimate of drug-likeness (QED) is 0.509. The summed E-state index contributed by atoms with van der Waals surface area (Å²) in [5.41, 5.74) is 1.74. The summed E-state index contributed by atoms with van der Waals surface area (Å²) >= 11 is 1.35. The fourth-order valence-electron chi connectivity index (χ4n) is 3.35. The number of H-pyrrole nitrogens is 1. The number of amides is 1. The fraction of sp³-hybridized carbons (Fsp3) is 0.200. The first-order valence-corrected chi connectivity index (χ1v) is 9.68. The molecule has 0 radical (unpaired) electrons. The van der Waals surface area contributed by atoms with E-state index in [-0.39, 0.29) is 23.8 Å². The minimum atomic E-state index is -1.55. The van der Waals surface area contributed by atoms with Crippen molar-refractivity contribution in [2.75, 3.05) is 12.9 Å². The molecule has 1 aromatic heterocycles. The highest BCUT2D eigenvalue weighted by Crippen LogP contribution is 2.42. The van der Waals surface area contributed by atoms with Crippen LogP contribution in [-0.2, 0) is 16.1 Å². The molecule has 1 N–H and O–H groups in total. The molecule has 1 saturated heterocycles. The number of nitrogens with zero attached hydrogens (tertiary/aromatic N) is 1. The van der Waals surface area contributed by atoms with Crippen LogP contribution in [-0.4, -0.2) is 34.6 Å². The van der Waals surface area contributed by atoms with Gasteiger partial charge in [-0.25, -0.2) is 18.0 Å². The maximum atomic E-state index is 14.1. The summed E-state index contributed by atoms with van der Waals surface area (Å²) in [6.45, 7) is -0.188. The smallest absolute Gasteiger partial charge is 0.337 e. The molecule has 1 fully saturated rings. The van der Waals surface area contributed by atoms with Crippen LogP contribution in [0.25, 0.3) is 10.9 Å². The number of carbonyl (C=O) groups excluding carboxylic acids is 2. The molecule has 0 saturated carbocycles. The van der Waals surface area contributed by atoms with Crippen LogP contribution in [0.4, 0.5) is 13.2 Å². The molecule has 5 nitrogen and oxygen atoms in total. The van der Waals surface area contributed by atoms with Crippen molar-refractivity contribution in [3.05, 3.63) is 70.7 Å². The summed E-state index contributed by atoms with van der Waals surface area (Å²) in [6.07, 6.45) is 1.72. The number of fused-ring (bicyclic) bond motifs is 1. The Morgan fingerprint density at radius 1 is 1.24 bits per heavy atom. The summed E-state index contributed by atoms with van der Waals surface area (Å²) in [7, 11) is 1.29. The third-order valence-corrected chi connectivity index (χ3v) is 6.06. The SMILES string of the molecule is COC(=O)c1ccc2c(C3SCC(=O)N3Cc3ccc(F)c(F)c3F)c[nH]c2c1. The third-order valence-electron chi connectivity index (χ3n) is 4.82. The molecule has 2 heterocycles. The maximum absolute atomic E-state index is 14.1. The number of nitrogens with one attached hydrogen (secondary N) is 1. The van der Waals surface area contributed by atoms with Crippen LogP contribution in [0.2, 0.25) is 0 Å². The average molecular weight is 420 g/mol. The molecule has 150 valence electrons. The summed E-state index contributed by atoms with van der Waals surface area (Å²) in [6, 6.07) is 6.99. The fourth-order valence-corrected chi connectivity index (χ4v) is 4.56. The Labute approximate surface area is 167 Å². The van der Waals surface area contributed by atoms with Crippen molar-refractivity contribution in [1.82, 2.24) is 9.88 Å². The first kappa shape index (κ1) is 19.4. The number of aromatic nitrogens is 1. The van der Waals surface area contributed by atoms with Crippen LogP contribution in [0.15, 0.2) is 36.5 Å². The normalized spacial score (nSPS) is 16.6. The molecule has 1 amide bonds. The van der Waals surface area contributed by atoms with E-state index >= 15 is 0 Å². The number of esters is 1. The molecule has 29 heavy (non-hydrogen) atoms. The zero-order valence-corrected chi connectivity index (χ0v) is 16.0. The third kappa shape index (κ3) is 3.35. The number of methoxy groups -OCH3 is 1. The molecule has 1 aliphatic heterocycles. The van der Waals surface area contributed by atoms with Gasteiger partial charge in [0.2, 0.25) is 5.91 Å². The minimum absolute atomic E-state index is 0.0995. The number of rotatable bonds is 4. The van der Waals surface area contributed by atoms with Gasteiger partial charge in [-0.1, -0.05) is 12.1 Å². The van der Waals surface area contributed by atoms with Crippen LogP contribution in [0, 0.1) is 17.5 Å². The first-order chi connectivity index (χ1) is 13.9. The number of aromatic amines is 1. The molecule has 0 spiro atoms. The van der Waals surface area contributed by atoms with Crippen LogP contribution < -0.4 is 0 Å². The number of ether oxygens (including phenoxy) is 1. The van der Waals surface area contributed by atoms with Gasteiger partial charge in [-0.3, -0.25) is 4.79 Å². The molecule has 1 atom stereocenters. The largest absolute Gasteiger partial charge is 0.465 e. The summed E-state index contributed by atoms with van der Waals surface area (Å²) in [5, 5.41) is 0.355. The number of hydrogen-bond donors (Lipinski definition) is 1. The van der Waals surface area contributed by atoms with E-state index in [1.54, 1.807) is 24.4 Å². The zero-order chi connectivity index (χ0) is 20.7. The molecule has 3 aromatic rings. The number of benzene rings is 2. The molecule has 0 aliphatic carbocycles.